The lowest BCUT2D eigenvalue weighted by molar-refractivity contribution is -0.386. The van der Waals surface area contributed by atoms with Crippen LogP contribution < -0.4 is 4.74 Å². The summed E-state index contributed by atoms with van der Waals surface area (Å²) < 4.78 is 17.5. The summed E-state index contributed by atoms with van der Waals surface area (Å²) in [5.41, 5.74) is -0.479. The van der Waals surface area contributed by atoms with E-state index in [9.17, 15) is 14.5 Å². The molecule has 13 heavy (non-hydrogen) atoms. The highest BCUT2D eigenvalue weighted by Gasteiger charge is 2.20. The Labute approximate surface area is 78.0 Å². The van der Waals surface area contributed by atoms with E-state index in [4.69, 9.17) is 11.6 Å². The normalized spacial score (nSPS) is 9.77. The van der Waals surface area contributed by atoms with Gasteiger partial charge in [-0.05, 0) is 6.07 Å². The minimum atomic E-state index is -0.846. The Hall–Kier alpha value is -1.36. The second-order valence-electron chi connectivity index (χ2n) is 2.20. The topological polar surface area (TPSA) is 52.4 Å². The standard InChI is InChI=1S/C7H5ClFNO3/c1-13-7-5(9)2-4(8)3-6(7)10(11)12/h2-3H,1H3. The number of nitrogens with zero attached hydrogens (tertiary/aromatic N) is 1. The first-order valence-electron chi connectivity index (χ1n) is 3.23. The number of nitro benzene ring substituents is 1. The zero-order chi connectivity index (χ0) is 10.0. The molecule has 1 rings (SSSR count). The van der Waals surface area contributed by atoms with Crippen molar-refractivity contribution >= 4 is 17.3 Å². The average Bonchev–Trinajstić information content (AvgIpc) is 2.02. The van der Waals surface area contributed by atoms with Crippen molar-refractivity contribution in [2.75, 3.05) is 7.11 Å². The van der Waals surface area contributed by atoms with Crippen molar-refractivity contribution in [1.82, 2.24) is 0 Å². The molecule has 0 bridgehead atoms. The van der Waals surface area contributed by atoms with Crippen molar-refractivity contribution in [1.29, 1.82) is 0 Å². The lowest BCUT2D eigenvalue weighted by atomic mass is 10.3. The van der Waals surface area contributed by atoms with Gasteiger partial charge in [-0.3, -0.25) is 10.1 Å². The van der Waals surface area contributed by atoms with Gasteiger partial charge in [0.05, 0.1) is 17.1 Å². The van der Waals surface area contributed by atoms with E-state index in [-0.39, 0.29) is 5.02 Å². The minimum Gasteiger partial charge on any atom is -0.488 e. The summed E-state index contributed by atoms with van der Waals surface area (Å²) in [5, 5.41) is 10.3. The molecule has 1 aromatic carbocycles. The van der Waals surface area contributed by atoms with Crippen LogP contribution in [0.2, 0.25) is 5.02 Å². The van der Waals surface area contributed by atoms with E-state index in [1.165, 1.54) is 0 Å². The van der Waals surface area contributed by atoms with Gasteiger partial charge in [-0.15, -0.1) is 0 Å². The fourth-order valence-corrected chi connectivity index (χ4v) is 1.08. The van der Waals surface area contributed by atoms with Gasteiger partial charge < -0.3 is 4.74 Å². The molecular weight excluding hydrogens is 201 g/mol. The number of methoxy groups -OCH3 is 1. The zero-order valence-electron chi connectivity index (χ0n) is 6.58. The van der Waals surface area contributed by atoms with Gasteiger partial charge >= 0.3 is 5.69 Å². The number of benzene rings is 1. The number of rotatable bonds is 2. The van der Waals surface area contributed by atoms with Gasteiger partial charge in [0.1, 0.15) is 0 Å². The Morgan fingerprint density at radius 2 is 2.23 bits per heavy atom. The third-order valence-electron chi connectivity index (χ3n) is 1.39. The molecule has 0 aromatic heterocycles. The van der Waals surface area contributed by atoms with Crippen LogP contribution in [0.1, 0.15) is 0 Å². The summed E-state index contributed by atoms with van der Waals surface area (Å²) >= 11 is 5.42. The highest BCUT2D eigenvalue weighted by molar-refractivity contribution is 6.30. The fourth-order valence-electron chi connectivity index (χ4n) is 0.884. The lowest BCUT2D eigenvalue weighted by Gasteiger charge is -2.02. The average molecular weight is 206 g/mol. The van der Waals surface area contributed by atoms with Crippen molar-refractivity contribution < 1.29 is 14.1 Å². The third-order valence-corrected chi connectivity index (χ3v) is 1.61. The number of nitro groups is 1. The van der Waals surface area contributed by atoms with Crippen LogP contribution in [0.4, 0.5) is 10.1 Å². The van der Waals surface area contributed by atoms with E-state index >= 15 is 0 Å². The molecule has 0 saturated heterocycles. The van der Waals surface area contributed by atoms with Crippen molar-refractivity contribution in [2.45, 2.75) is 0 Å². The number of halogens is 2. The van der Waals surface area contributed by atoms with Crippen LogP contribution in [0.25, 0.3) is 0 Å². The highest BCUT2D eigenvalue weighted by atomic mass is 35.5. The first-order valence-corrected chi connectivity index (χ1v) is 3.61. The van der Waals surface area contributed by atoms with Gasteiger partial charge in [0.2, 0.25) is 5.75 Å². The molecule has 6 heteroatoms. The molecule has 70 valence electrons. The SMILES string of the molecule is COc1c(F)cc(Cl)cc1[N+](=O)[O-]. The molecule has 1 aromatic rings. The number of hydrogen-bond acceptors (Lipinski definition) is 3. The quantitative estimate of drug-likeness (QED) is 0.550. The Balaban J connectivity index is 3.38. The smallest absolute Gasteiger partial charge is 0.315 e. The minimum absolute atomic E-state index is 0.0370. The highest BCUT2D eigenvalue weighted by Crippen LogP contribution is 2.32. The molecule has 0 amide bonds. The lowest BCUT2D eigenvalue weighted by Crippen LogP contribution is -1.96. The van der Waals surface area contributed by atoms with Gasteiger partial charge in [-0.25, -0.2) is 4.39 Å². The Morgan fingerprint density at radius 1 is 1.62 bits per heavy atom. The van der Waals surface area contributed by atoms with Crippen molar-refractivity contribution in [3.63, 3.8) is 0 Å². The molecule has 0 heterocycles. The van der Waals surface area contributed by atoms with Crippen LogP contribution >= 0.6 is 11.6 Å². The van der Waals surface area contributed by atoms with Gasteiger partial charge in [0.15, 0.2) is 5.82 Å². The molecule has 0 aliphatic rings. The summed E-state index contributed by atoms with van der Waals surface area (Å²) in [6, 6.07) is 1.98. The molecule has 4 nitrogen and oxygen atoms in total. The van der Waals surface area contributed by atoms with E-state index in [1.807, 2.05) is 0 Å². The predicted molar refractivity (Wildman–Crippen MR) is 44.6 cm³/mol. The summed E-state index contributed by atoms with van der Waals surface area (Å²) in [4.78, 5) is 9.63. The van der Waals surface area contributed by atoms with Crippen LogP contribution in [-0.2, 0) is 0 Å². The van der Waals surface area contributed by atoms with Gasteiger partial charge in [-0.1, -0.05) is 11.6 Å². The van der Waals surface area contributed by atoms with E-state index < -0.39 is 22.2 Å². The fraction of sp³-hybridized carbons (Fsp3) is 0.143. The van der Waals surface area contributed by atoms with Crippen molar-refractivity contribution in [3.05, 3.63) is 33.1 Å². The maximum absolute atomic E-state index is 13.0. The molecule has 0 aliphatic carbocycles. The Kier molecular flexibility index (Phi) is 2.67. The maximum Gasteiger partial charge on any atom is 0.315 e. The molecule has 0 atom stereocenters. The molecule has 0 N–H and O–H groups in total. The number of ether oxygens (including phenoxy) is 1. The Morgan fingerprint density at radius 3 is 2.69 bits per heavy atom. The van der Waals surface area contributed by atoms with Gasteiger partial charge in [-0.2, -0.15) is 0 Å². The molecular formula is C7H5ClFNO3. The zero-order valence-corrected chi connectivity index (χ0v) is 7.34. The van der Waals surface area contributed by atoms with Crippen LogP contribution in [0, 0.1) is 15.9 Å². The van der Waals surface area contributed by atoms with E-state index in [0.717, 1.165) is 19.2 Å². The van der Waals surface area contributed by atoms with Gasteiger partial charge in [0.25, 0.3) is 0 Å². The molecule has 0 saturated carbocycles. The first kappa shape index (κ1) is 9.73. The Bertz CT molecular complexity index is 356. The first-order chi connectivity index (χ1) is 6.06. The predicted octanol–water partition coefficient (Wildman–Crippen LogP) is 2.40. The van der Waals surface area contributed by atoms with Crippen LogP contribution in [0.3, 0.4) is 0 Å². The number of hydrogen-bond donors (Lipinski definition) is 0. The van der Waals surface area contributed by atoms with Crippen LogP contribution in [0.15, 0.2) is 12.1 Å². The molecule has 0 spiro atoms. The van der Waals surface area contributed by atoms with Crippen molar-refractivity contribution in [2.24, 2.45) is 0 Å². The monoisotopic (exact) mass is 205 g/mol. The summed E-state index contributed by atoms with van der Waals surface area (Å²) in [6.07, 6.45) is 0. The van der Waals surface area contributed by atoms with E-state index in [0.29, 0.717) is 0 Å². The van der Waals surface area contributed by atoms with Crippen LogP contribution in [0.5, 0.6) is 5.75 Å². The summed E-state index contributed by atoms with van der Waals surface area (Å²) in [5.74, 6) is -1.25. The van der Waals surface area contributed by atoms with Crippen LogP contribution in [-0.4, -0.2) is 12.0 Å². The maximum atomic E-state index is 13.0. The molecule has 0 aliphatic heterocycles. The van der Waals surface area contributed by atoms with E-state index in [1.54, 1.807) is 0 Å². The molecule has 0 radical (unpaired) electrons. The molecule has 0 unspecified atom stereocenters. The summed E-state index contributed by atoms with van der Waals surface area (Å²) in [7, 11) is 1.15. The van der Waals surface area contributed by atoms with Gasteiger partial charge in [0, 0.05) is 6.07 Å². The summed E-state index contributed by atoms with van der Waals surface area (Å²) in [6.45, 7) is 0. The largest absolute Gasteiger partial charge is 0.488 e. The molecule has 0 fully saturated rings. The van der Waals surface area contributed by atoms with Crippen molar-refractivity contribution in [3.8, 4) is 5.75 Å². The second-order valence-corrected chi connectivity index (χ2v) is 2.63. The second kappa shape index (κ2) is 3.57. The van der Waals surface area contributed by atoms with E-state index in [2.05, 4.69) is 4.74 Å². The third kappa shape index (κ3) is 1.86.